The molecule has 1 aromatic rings. The van der Waals surface area contributed by atoms with Crippen LogP contribution in [0.1, 0.15) is 18.5 Å². The molecule has 0 amide bonds. The van der Waals surface area contributed by atoms with Crippen molar-refractivity contribution in [3.63, 3.8) is 0 Å². The second-order valence-corrected chi connectivity index (χ2v) is 7.16. The van der Waals surface area contributed by atoms with Crippen molar-refractivity contribution < 1.29 is 8.42 Å². The zero-order chi connectivity index (χ0) is 11.5. The number of nitrogens with one attached hydrogen (secondary N) is 1. The van der Waals surface area contributed by atoms with Gasteiger partial charge in [0.15, 0.2) is 0 Å². The van der Waals surface area contributed by atoms with Crippen LogP contribution in [0.25, 0.3) is 0 Å². The molecule has 1 N–H and O–H groups in total. The van der Waals surface area contributed by atoms with Crippen LogP contribution < -0.4 is 5.32 Å². The van der Waals surface area contributed by atoms with E-state index in [1.807, 2.05) is 17.7 Å². The van der Waals surface area contributed by atoms with Gasteiger partial charge < -0.3 is 5.32 Å². The van der Waals surface area contributed by atoms with Gasteiger partial charge in [0.05, 0.1) is 5.75 Å². The third kappa shape index (κ3) is 4.22. The Hall–Kier alpha value is 0.0900. The van der Waals surface area contributed by atoms with Gasteiger partial charge in [-0.2, -0.15) is 11.3 Å². The van der Waals surface area contributed by atoms with Crippen molar-refractivity contribution in [2.24, 2.45) is 0 Å². The van der Waals surface area contributed by atoms with Crippen molar-refractivity contribution in [3.05, 3.63) is 20.8 Å². The first-order chi connectivity index (χ1) is 6.94. The van der Waals surface area contributed by atoms with E-state index in [9.17, 15) is 8.42 Å². The van der Waals surface area contributed by atoms with E-state index in [1.165, 1.54) is 6.26 Å². The third-order valence-electron chi connectivity index (χ3n) is 1.94. The number of sulfone groups is 1. The molecule has 1 unspecified atom stereocenters. The molecule has 86 valence electrons. The summed E-state index contributed by atoms with van der Waals surface area (Å²) in [4.78, 5) is 0. The number of hydrogen-bond donors (Lipinski definition) is 1. The van der Waals surface area contributed by atoms with E-state index >= 15 is 0 Å². The van der Waals surface area contributed by atoms with Gasteiger partial charge in [-0.25, -0.2) is 8.42 Å². The van der Waals surface area contributed by atoms with Crippen LogP contribution in [0.5, 0.6) is 0 Å². The van der Waals surface area contributed by atoms with Gasteiger partial charge in [-0.3, -0.25) is 0 Å². The smallest absolute Gasteiger partial charge is 0.149 e. The molecule has 0 aliphatic rings. The van der Waals surface area contributed by atoms with E-state index < -0.39 is 9.84 Å². The molecule has 0 aliphatic heterocycles. The molecule has 0 saturated heterocycles. The molecular weight excluding hydrogens is 298 g/mol. The van der Waals surface area contributed by atoms with Crippen LogP contribution in [0, 0.1) is 0 Å². The number of hydrogen-bond acceptors (Lipinski definition) is 4. The van der Waals surface area contributed by atoms with Crippen LogP contribution in [0.15, 0.2) is 15.2 Å². The highest BCUT2D eigenvalue weighted by atomic mass is 79.9. The van der Waals surface area contributed by atoms with Crippen LogP contribution in [-0.2, 0) is 9.84 Å². The van der Waals surface area contributed by atoms with E-state index in [-0.39, 0.29) is 11.8 Å². The Morgan fingerprint density at radius 3 is 2.60 bits per heavy atom. The second-order valence-electron chi connectivity index (χ2n) is 3.38. The molecule has 3 nitrogen and oxygen atoms in total. The summed E-state index contributed by atoms with van der Waals surface area (Å²) in [5.41, 5.74) is 1.02. The van der Waals surface area contributed by atoms with E-state index in [0.717, 1.165) is 16.6 Å². The molecule has 6 heteroatoms. The molecule has 15 heavy (non-hydrogen) atoms. The molecule has 0 fully saturated rings. The molecule has 0 spiro atoms. The molecule has 0 bridgehead atoms. The predicted molar refractivity (Wildman–Crippen MR) is 68.1 cm³/mol. The fourth-order valence-electron chi connectivity index (χ4n) is 1.35. The number of rotatable bonds is 5. The first-order valence-corrected chi connectivity index (χ1v) is 8.36. The van der Waals surface area contributed by atoms with Crippen LogP contribution in [0.4, 0.5) is 0 Å². The van der Waals surface area contributed by atoms with Crippen molar-refractivity contribution in [1.29, 1.82) is 0 Å². The van der Waals surface area contributed by atoms with Gasteiger partial charge in [0.2, 0.25) is 0 Å². The van der Waals surface area contributed by atoms with Crippen molar-refractivity contribution in [2.75, 3.05) is 18.6 Å². The summed E-state index contributed by atoms with van der Waals surface area (Å²) >= 11 is 4.98. The average Bonchev–Trinajstić information content (AvgIpc) is 2.48. The van der Waals surface area contributed by atoms with E-state index in [1.54, 1.807) is 11.3 Å². The lowest BCUT2D eigenvalue weighted by atomic mass is 10.2. The highest BCUT2D eigenvalue weighted by Gasteiger charge is 2.19. The fraction of sp³-hybridized carbons (Fsp3) is 0.556. The fourth-order valence-corrected chi connectivity index (χ4v) is 3.88. The van der Waals surface area contributed by atoms with Crippen LogP contribution in [-0.4, -0.2) is 27.0 Å². The lowest BCUT2D eigenvalue weighted by Crippen LogP contribution is -2.27. The summed E-state index contributed by atoms with van der Waals surface area (Å²) < 4.78 is 23.5. The van der Waals surface area contributed by atoms with E-state index in [4.69, 9.17) is 0 Å². The highest BCUT2D eigenvalue weighted by molar-refractivity contribution is 9.10. The molecule has 1 heterocycles. The van der Waals surface area contributed by atoms with Gasteiger partial charge in [0.25, 0.3) is 0 Å². The Balaban J connectivity index is 2.88. The summed E-state index contributed by atoms with van der Waals surface area (Å²) in [6.07, 6.45) is 1.26. The summed E-state index contributed by atoms with van der Waals surface area (Å²) in [5.74, 6) is 0.135. The Morgan fingerprint density at radius 2 is 2.20 bits per heavy atom. The van der Waals surface area contributed by atoms with E-state index in [2.05, 4.69) is 21.2 Å². The van der Waals surface area contributed by atoms with Crippen LogP contribution in [0.3, 0.4) is 0 Å². The zero-order valence-electron chi connectivity index (χ0n) is 8.66. The first-order valence-electron chi connectivity index (χ1n) is 4.56. The summed E-state index contributed by atoms with van der Waals surface area (Å²) in [7, 11) is -2.97. The topological polar surface area (TPSA) is 46.2 Å². The van der Waals surface area contributed by atoms with Crippen molar-refractivity contribution in [2.45, 2.75) is 13.0 Å². The quantitative estimate of drug-likeness (QED) is 0.907. The lowest BCUT2D eigenvalue weighted by Gasteiger charge is -2.16. The van der Waals surface area contributed by atoms with Crippen LogP contribution in [0.2, 0.25) is 0 Å². The predicted octanol–water partition coefficient (Wildman–Crippen LogP) is 2.21. The van der Waals surface area contributed by atoms with Gasteiger partial charge in [-0.1, -0.05) is 6.92 Å². The number of thiophene rings is 1. The maximum absolute atomic E-state index is 11.3. The molecule has 1 aromatic heterocycles. The van der Waals surface area contributed by atoms with Gasteiger partial charge in [-0.05, 0) is 33.4 Å². The van der Waals surface area contributed by atoms with Crippen LogP contribution >= 0.6 is 27.3 Å². The van der Waals surface area contributed by atoms with Crippen molar-refractivity contribution >= 4 is 37.1 Å². The van der Waals surface area contributed by atoms with Gasteiger partial charge >= 0.3 is 0 Å². The van der Waals surface area contributed by atoms with E-state index in [0.29, 0.717) is 0 Å². The minimum Gasteiger partial charge on any atom is -0.309 e. The Kier molecular flexibility index (Phi) is 4.76. The minimum atomic E-state index is -2.97. The second kappa shape index (κ2) is 5.43. The Bertz CT molecular complexity index is 414. The van der Waals surface area contributed by atoms with Gasteiger partial charge in [-0.15, -0.1) is 0 Å². The largest absolute Gasteiger partial charge is 0.309 e. The van der Waals surface area contributed by atoms with Crippen molar-refractivity contribution in [1.82, 2.24) is 5.32 Å². The molecule has 0 aliphatic carbocycles. The molecule has 1 atom stereocenters. The SMILES string of the molecule is CCNC(CS(C)(=O)=O)c1cscc1Br. The summed E-state index contributed by atoms with van der Waals surface area (Å²) in [6.45, 7) is 2.72. The maximum atomic E-state index is 11.3. The normalized spacial score (nSPS) is 14.1. The zero-order valence-corrected chi connectivity index (χ0v) is 11.9. The maximum Gasteiger partial charge on any atom is 0.149 e. The molecular formula is C9H14BrNO2S2. The highest BCUT2D eigenvalue weighted by Crippen LogP contribution is 2.28. The van der Waals surface area contributed by atoms with Gasteiger partial charge in [0.1, 0.15) is 9.84 Å². The summed E-state index contributed by atoms with van der Waals surface area (Å²) in [6, 6.07) is -0.120. The standard InChI is InChI=1S/C9H14BrNO2S2/c1-3-11-9(6-15(2,12)13)7-4-14-5-8(7)10/h4-5,9,11H,3,6H2,1-2H3. The van der Waals surface area contributed by atoms with Crippen molar-refractivity contribution in [3.8, 4) is 0 Å². The first kappa shape index (κ1) is 13.2. The summed E-state index contributed by atoms with van der Waals surface area (Å²) in [5, 5.41) is 7.11. The minimum absolute atomic E-state index is 0.120. The molecule has 0 saturated carbocycles. The average molecular weight is 312 g/mol. The third-order valence-corrected chi connectivity index (χ3v) is 4.63. The number of halogens is 1. The monoisotopic (exact) mass is 311 g/mol. The Morgan fingerprint density at radius 1 is 1.53 bits per heavy atom. The molecule has 1 rings (SSSR count). The molecule has 0 aromatic carbocycles. The van der Waals surface area contributed by atoms with Gasteiger partial charge in [0, 0.05) is 22.2 Å². The molecule has 0 radical (unpaired) electrons. The lowest BCUT2D eigenvalue weighted by molar-refractivity contribution is 0.563. The Labute approximate surface area is 103 Å².